The quantitative estimate of drug-likeness (QED) is 0.240. The van der Waals surface area contributed by atoms with Crippen molar-refractivity contribution in [3.05, 3.63) is 90.5 Å². The van der Waals surface area contributed by atoms with Gasteiger partial charge in [-0.3, -0.25) is 0 Å². The summed E-state index contributed by atoms with van der Waals surface area (Å²) in [5, 5.41) is 5.12. The van der Waals surface area contributed by atoms with Gasteiger partial charge in [0.05, 0.1) is 11.2 Å². The summed E-state index contributed by atoms with van der Waals surface area (Å²) in [7, 11) is -0.392. The van der Waals surface area contributed by atoms with E-state index < -0.39 is 7.12 Å². The van der Waals surface area contributed by atoms with E-state index in [1.165, 1.54) is 60.5 Å². The van der Waals surface area contributed by atoms with Gasteiger partial charge < -0.3 is 9.31 Å². The first-order valence-electron chi connectivity index (χ1n) is 12.8. The normalized spacial score (nSPS) is 17.2. The van der Waals surface area contributed by atoms with Crippen molar-refractivity contribution >= 4 is 34.1 Å². The SMILES string of the molecule is Cc1c2c(c(-c3ccccc3)c3ccccc13)-c1ccc(B3OC(C)(C)C(C)(C)O3)c3cccc-2c13. The predicted octanol–water partition coefficient (Wildman–Crippen LogP) is 7.92. The van der Waals surface area contributed by atoms with Gasteiger partial charge >= 0.3 is 7.12 Å². The molecule has 1 aliphatic carbocycles. The summed E-state index contributed by atoms with van der Waals surface area (Å²) in [5.41, 5.74) is 9.53. The first-order chi connectivity index (χ1) is 17.3. The highest BCUT2D eigenvalue weighted by Gasteiger charge is 2.52. The van der Waals surface area contributed by atoms with Gasteiger partial charge in [0.15, 0.2) is 0 Å². The van der Waals surface area contributed by atoms with Crippen molar-refractivity contribution in [1.29, 1.82) is 0 Å². The Hall–Kier alpha value is -3.40. The highest BCUT2D eigenvalue weighted by atomic mass is 16.7. The van der Waals surface area contributed by atoms with Gasteiger partial charge in [0.1, 0.15) is 0 Å². The molecule has 5 aromatic carbocycles. The van der Waals surface area contributed by atoms with Gasteiger partial charge in [0.25, 0.3) is 0 Å². The fourth-order valence-corrected chi connectivity index (χ4v) is 6.14. The van der Waals surface area contributed by atoms with Crippen LogP contribution in [-0.4, -0.2) is 18.3 Å². The van der Waals surface area contributed by atoms with Crippen LogP contribution in [0.5, 0.6) is 0 Å². The molecule has 0 amide bonds. The minimum Gasteiger partial charge on any atom is -0.399 e. The van der Waals surface area contributed by atoms with Gasteiger partial charge in [-0.15, -0.1) is 0 Å². The van der Waals surface area contributed by atoms with Crippen LogP contribution < -0.4 is 5.46 Å². The first kappa shape index (κ1) is 21.9. The second-order valence-electron chi connectivity index (χ2n) is 11.2. The molecule has 0 spiro atoms. The van der Waals surface area contributed by atoms with Gasteiger partial charge in [-0.1, -0.05) is 84.9 Å². The average Bonchev–Trinajstić information content (AvgIpc) is 3.31. The Balaban J connectivity index is 1.56. The maximum absolute atomic E-state index is 6.49. The van der Waals surface area contributed by atoms with E-state index in [0.717, 1.165) is 5.46 Å². The maximum Gasteiger partial charge on any atom is 0.495 e. The molecule has 0 bridgehead atoms. The second kappa shape index (κ2) is 7.32. The summed E-state index contributed by atoms with van der Waals surface area (Å²) < 4.78 is 13.0. The standard InChI is InChI=1S/C33H29BO2/c1-20-22-14-9-10-15-23(22)29(21-12-7-6-8-13-21)31-26-18-19-27(34-35-32(2,3)33(4,5)36-34)24-16-11-17-25(28(20)31)30(24)26/h6-19H,1-5H3. The number of benzene rings is 5. The van der Waals surface area contributed by atoms with E-state index >= 15 is 0 Å². The molecule has 5 aromatic rings. The molecule has 7 rings (SSSR count). The topological polar surface area (TPSA) is 18.5 Å². The fourth-order valence-electron chi connectivity index (χ4n) is 6.14. The Labute approximate surface area is 213 Å². The molecular formula is C33H29BO2. The van der Waals surface area contributed by atoms with Crippen molar-refractivity contribution in [1.82, 2.24) is 0 Å². The Morgan fingerprint density at radius 2 is 1.17 bits per heavy atom. The lowest BCUT2D eigenvalue weighted by Gasteiger charge is -2.32. The molecule has 2 aliphatic rings. The number of hydrogen-bond donors (Lipinski definition) is 0. The summed E-state index contributed by atoms with van der Waals surface area (Å²) in [5.74, 6) is 0. The summed E-state index contributed by atoms with van der Waals surface area (Å²) in [6.45, 7) is 10.7. The van der Waals surface area contributed by atoms with Gasteiger partial charge in [-0.2, -0.15) is 0 Å². The first-order valence-corrected chi connectivity index (χ1v) is 12.8. The summed E-state index contributed by atoms with van der Waals surface area (Å²) in [6, 6.07) is 30.9. The van der Waals surface area contributed by atoms with Crippen LogP contribution in [0, 0.1) is 6.92 Å². The van der Waals surface area contributed by atoms with Crippen molar-refractivity contribution < 1.29 is 9.31 Å². The van der Waals surface area contributed by atoms with Crippen LogP contribution in [0.4, 0.5) is 0 Å². The molecule has 1 heterocycles. The molecule has 0 unspecified atom stereocenters. The zero-order chi connectivity index (χ0) is 24.8. The molecule has 0 N–H and O–H groups in total. The van der Waals surface area contributed by atoms with Crippen LogP contribution in [0.25, 0.3) is 54.9 Å². The van der Waals surface area contributed by atoms with Crippen LogP contribution in [0.2, 0.25) is 0 Å². The van der Waals surface area contributed by atoms with Crippen LogP contribution in [0.15, 0.2) is 84.9 Å². The molecule has 0 saturated carbocycles. The number of rotatable bonds is 2. The summed E-state index contributed by atoms with van der Waals surface area (Å²) in [4.78, 5) is 0. The Kier molecular flexibility index (Phi) is 4.44. The Morgan fingerprint density at radius 1 is 0.556 bits per heavy atom. The van der Waals surface area contributed by atoms with Crippen LogP contribution in [-0.2, 0) is 9.31 Å². The molecule has 1 aliphatic heterocycles. The molecule has 1 fully saturated rings. The zero-order valence-electron chi connectivity index (χ0n) is 21.5. The third kappa shape index (κ3) is 2.82. The second-order valence-corrected chi connectivity index (χ2v) is 11.2. The monoisotopic (exact) mass is 468 g/mol. The molecule has 0 atom stereocenters. The van der Waals surface area contributed by atoms with Gasteiger partial charge in [-0.05, 0) is 101 Å². The Morgan fingerprint density at radius 3 is 1.89 bits per heavy atom. The third-order valence-electron chi connectivity index (χ3n) is 8.66. The van der Waals surface area contributed by atoms with Gasteiger partial charge in [-0.25, -0.2) is 0 Å². The average molecular weight is 468 g/mol. The van der Waals surface area contributed by atoms with Crippen molar-refractivity contribution in [3.63, 3.8) is 0 Å². The molecule has 2 nitrogen and oxygen atoms in total. The fraction of sp³-hybridized carbons (Fsp3) is 0.212. The van der Waals surface area contributed by atoms with Crippen LogP contribution >= 0.6 is 0 Å². The van der Waals surface area contributed by atoms with E-state index in [0.29, 0.717) is 0 Å². The minimum absolute atomic E-state index is 0.377. The predicted molar refractivity (Wildman–Crippen MR) is 152 cm³/mol. The van der Waals surface area contributed by atoms with E-state index in [1.807, 2.05) is 0 Å². The number of aryl methyl sites for hydroxylation is 1. The lowest BCUT2D eigenvalue weighted by Crippen LogP contribution is -2.41. The summed E-state index contributed by atoms with van der Waals surface area (Å²) in [6.07, 6.45) is 0. The lowest BCUT2D eigenvalue weighted by atomic mass is 9.75. The van der Waals surface area contributed by atoms with Crippen LogP contribution in [0.1, 0.15) is 33.3 Å². The van der Waals surface area contributed by atoms with Crippen LogP contribution in [0.3, 0.4) is 0 Å². The number of fused-ring (bicyclic) bond motifs is 4. The molecule has 3 heteroatoms. The number of hydrogen-bond acceptors (Lipinski definition) is 2. The summed E-state index contributed by atoms with van der Waals surface area (Å²) >= 11 is 0. The maximum atomic E-state index is 6.49. The Bertz CT molecular complexity index is 1680. The van der Waals surface area contributed by atoms with E-state index in [9.17, 15) is 0 Å². The molecule has 0 aromatic heterocycles. The van der Waals surface area contributed by atoms with E-state index in [-0.39, 0.29) is 11.2 Å². The molecule has 36 heavy (non-hydrogen) atoms. The minimum atomic E-state index is -0.392. The van der Waals surface area contributed by atoms with Crippen molar-refractivity contribution in [2.45, 2.75) is 45.8 Å². The molecule has 0 radical (unpaired) electrons. The van der Waals surface area contributed by atoms with Gasteiger partial charge in [0.2, 0.25) is 0 Å². The lowest BCUT2D eigenvalue weighted by molar-refractivity contribution is 0.00578. The molecule has 176 valence electrons. The van der Waals surface area contributed by atoms with E-state index in [4.69, 9.17) is 9.31 Å². The third-order valence-corrected chi connectivity index (χ3v) is 8.66. The highest BCUT2D eigenvalue weighted by molar-refractivity contribution is 6.65. The largest absolute Gasteiger partial charge is 0.495 e. The van der Waals surface area contributed by atoms with Crippen molar-refractivity contribution in [2.24, 2.45) is 0 Å². The van der Waals surface area contributed by atoms with Crippen molar-refractivity contribution in [3.8, 4) is 33.4 Å². The molecule has 1 saturated heterocycles. The highest BCUT2D eigenvalue weighted by Crippen LogP contribution is 2.55. The smallest absolute Gasteiger partial charge is 0.399 e. The zero-order valence-corrected chi connectivity index (χ0v) is 21.5. The van der Waals surface area contributed by atoms with E-state index in [2.05, 4.69) is 120 Å². The molecular weight excluding hydrogens is 439 g/mol. The van der Waals surface area contributed by atoms with E-state index in [1.54, 1.807) is 0 Å². The van der Waals surface area contributed by atoms with Crippen molar-refractivity contribution in [2.75, 3.05) is 0 Å². The van der Waals surface area contributed by atoms with Gasteiger partial charge in [0, 0.05) is 0 Å².